The third kappa shape index (κ3) is 2.04. The molecule has 1 saturated carbocycles. The molecule has 2 rings (SSSR count). The number of hydrogen-bond donors (Lipinski definition) is 3. The second kappa shape index (κ2) is 3.69. The topological polar surface area (TPSA) is 77.8 Å². The molecular formula is C9H13N3O2. The minimum absolute atomic E-state index is 0.366. The van der Waals surface area contributed by atoms with E-state index in [-0.39, 0.29) is 5.56 Å². The van der Waals surface area contributed by atoms with E-state index in [1.54, 1.807) is 0 Å². The summed E-state index contributed by atoms with van der Waals surface area (Å²) in [6.07, 6.45) is 4.64. The Labute approximate surface area is 80.6 Å². The predicted octanol–water partition coefficient (Wildman–Crippen LogP) is 0.418. The van der Waals surface area contributed by atoms with Crippen molar-refractivity contribution in [2.75, 3.05) is 5.32 Å². The Morgan fingerprint density at radius 3 is 2.57 bits per heavy atom. The Morgan fingerprint density at radius 1 is 1.21 bits per heavy atom. The van der Waals surface area contributed by atoms with E-state index in [4.69, 9.17) is 0 Å². The molecular weight excluding hydrogens is 182 g/mol. The maximum atomic E-state index is 11.0. The summed E-state index contributed by atoms with van der Waals surface area (Å²) in [4.78, 5) is 26.6. The molecule has 76 valence electrons. The van der Waals surface area contributed by atoms with Gasteiger partial charge in [0.25, 0.3) is 5.56 Å². The van der Waals surface area contributed by atoms with Gasteiger partial charge in [0, 0.05) is 12.1 Å². The van der Waals surface area contributed by atoms with Crippen LogP contribution in [0.15, 0.2) is 15.7 Å². The van der Waals surface area contributed by atoms with Gasteiger partial charge in [0.1, 0.15) is 5.82 Å². The zero-order chi connectivity index (χ0) is 9.97. The molecule has 1 heterocycles. The molecule has 0 bridgehead atoms. The lowest BCUT2D eigenvalue weighted by molar-refractivity contribution is 0.747. The van der Waals surface area contributed by atoms with E-state index in [0.717, 1.165) is 12.8 Å². The SMILES string of the molecule is O=c1cc(NC2CCCC2)[nH]c(=O)[nH]1. The van der Waals surface area contributed by atoms with Gasteiger partial charge in [0.15, 0.2) is 0 Å². The van der Waals surface area contributed by atoms with Gasteiger partial charge in [-0.3, -0.25) is 14.8 Å². The van der Waals surface area contributed by atoms with Crippen LogP contribution in [-0.2, 0) is 0 Å². The zero-order valence-electron chi connectivity index (χ0n) is 7.80. The lowest BCUT2D eigenvalue weighted by Crippen LogP contribution is -2.25. The van der Waals surface area contributed by atoms with Gasteiger partial charge in [-0.2, -0.15) is 0 Å². The highest BCUT2D eigenvalue weighted by atomic mass is 16.2. The van der Waals surface area contributed by atoms with E-state index >= 15 is 0 Å². The largest absolute Gasteiger partial charge is 0.369 e. The third-order valence-electron chi connectivity index (χ3n) is 2.48. The molecule has 0 atom stereocenters. The van der Waals surface area contributed by atoms with E-state index in [1.807, 2.05) is 0 Å². The van der Waals surface area contributed by atoms with Gasteiger partial charge in [-0.05, 0) is 12.8 Å². The van der Waals surface area contributed by atoms with Crippen LogP contribution in [0.5, 0.6) is 0 Å². The zero-order valence-corrected chi connectivity index (χ0v) is 7.80. The van der Waals surface area contributed by atoms with E-state index in [9.17, 15) is 9.59 Å². The molecule has 1 aliphatic rings. The number of anilines is 1. The molecule has 5 heteroatoms. The Hall–Kier alpha value is -1.52. The van der Waals surface area contributed by atoms with Gasteiger partial charge in [-0.15, -0.1) is 0 Å². The van der Waals surface area contributed by atoms with Crippen LogP contribution in [0.1, 0.15) is 25.7 Å². The molecule has 0 saturated heterocycles. The van der Waals surface area contributed by atoms with Gasteiger partial charge in [0.05, 0.1) is 0 Å². The molecule has 14 heavy (non-hydrogen) atoms. The summed E-state index contributed by atoms with van der Waals surface area (Å²) in [5.74, 6) is 0.519. The maximum absolute atomic E-state index is 11.0. The van der Waals surface area contributed by atoms with Gasteiger partial charge in [-0.1, -0.05) is 12.8 Å². The smallest absolute Gasteiger partial charge is 0.327 e. The minimum atomic E-state index is -0.460. The van der Waals surface area contributed by atoms with E-state index in [0.29, 0.717) is 11.9 Å². The van der Waals surface area contributed by atoms with Crippen molar-refractivity contribution in [3.63, 3.8) is 0 Å². The third-order valence-corrected chi connectivity index (χ3v) is 2.48. The van der Waals surface area contributed by atoms with Crippen molar-refractivity contribution in [3.8, 4) is 0 Å². The monoisotopic (exact) mass is 195 g/mol. The van der Waals surface area contributed by atoms with Crippen molar-refractivity contribution in [2.45, 2.75) is 31.7 Å². The maximum Gasteiger partial charge on any atom is 0.327 e. The summed E-state index contributed by atoms with van der Waals surface area (Å²) in [7, 11) is 0. The molecule has 5 nitrogen and oxygen atoms in total. The molecule has 0 aromatic carbocycles. The van der Waals surface area contributed by atoms with Crippen molar-refractivity contribution < 1.29 is 0 Å². The summed E-state index contributed by atoms with van der Waals surface area (Å²) in [6.45, 7) is 0. The molecule has 0 radical (unpaired) electrons. The number of aromatic amines is 2. The first kappa shape index (κ1) is 9.05. The first-order valence-corrected chi connectivity index (χ1v) is 4.84. The van der Waals surface area contributed by atoms with Crippen LogP contribution in [0.2, 0.25) is 0 Å². The highest BCUT2D eigenvalue weighted by Crippen LogP contribution is 2.20. The van der Waals surface area contributed by atoms with Gasteiger partial charge >= 0.3 is 5.69 Å². The van der Waals surface area contributed by atoms with Crippen LogP contribution in [-0.4, -0.2) is 16.0 Å². The fourth-order valence-corrected chi connectivity index (χ4v) is 1.84. The number of H-pyrrole nitrogens is 2. The molecule has 3 N–H and O–H groups in total. The molecule has 1 aromatic rings. The Kier molecular flexibility index (Phi) is 2.39. The van der Waals surface area contributed by atoms with Crippen LogP contribution in [0.3, 0.4) is 0 Å². The van der Waals surface area contributed by atoms with Crippen LogP contribution < -0.4 is 16.6 Å². The second-order valence-electron chi connectivity index (χ2n) is 3.63. The van der Waals surface area contributed by atoms with Crippen LogP contribution in [0, 0.1) is 0 Å². The van der Waals surface area contributed by atoms with Gasteiger partial charge < -0.3 is 5.32 Å². The van der Waals surface area contributed by atoms with Crippen LogP contribution in [0.25, 0.3) is 0 Å². The molecule has 1 aromatic heterocycles. The van der Waals surface area contributed by atoms with Crippen molar-refractivity contribution in [2.24, 2.45) is 0 Å². The molecule has 0 unspecified atom stereocenters. The molecule has 0 amide bonds. The highest BCUT2D eigenvalue weighted by molar-refractivity contribution is 5.33. The first-order valence-electron chi connectivity index (χ1n) is 4.84. The van der Waals surface area contributed by atoms with Crippen molar-refractivity contribution in [1.29, 1.82) is 0 Å². The summed E-state index contributed by atoms with van der Waals surface area (Å²) in [6, 6.07) is 1.77. The van der Waals surface area contributed by atoms with Crippen molar-refractivity contribution in [1.82, 2.24) is 9.97 Å². The Balaban J connectivity index is 2.15. The standard InChI is InChI=1S/C9H13N3O2/c13-8-5-7(11-9(14)12-8)10-6-3-1-2-4-6/h5-6H,1-4H2,(H3,10,11,12,13,14). The van der Waals surface area contributed by atoms with Crippen molar-refractivity contribution >= 4 is 5.82 Å². The van der Waals surface area contributed by atoms with Crippen LogP contribution in [0.4, 0.5) is 5.82 Å². The summed E-state index contributed by atoms with van der Waals surface area (Å²) in [5.41, 5.74) is -0.827. The average molecular weight is 195 g/mol. The van der Waals surface area contributed by atoms with Crippen LogP contribution >= 0.6 is 0 Å². The van der Waals surface area contributed by atoms with E-state index < -0.39 is 5.69 Å². The summed E-state index contributed by atoms with van der Waals surface area (Å²) >= 11 is 0. The first-order chi connectivity index (χ1) is 6.74. The highest BCUT2D eigenvalue weighted by Gasteiger charge is 2.14. The van der Waals surface area contributed by atoms with Gasteiger partial charge in [0.2, 0.25) is 0 Å². The average Bonchev–Trinajstić information content (AvgIpc) is 2.54. The Morgan fingerprint density at radius 2 is 1.93 bits per heavy atom. The van der Waals surface area contributed by atoms with Gasteiger partial charge in [-0.25, -0.2) is 4.79 Å². The second-order valence-corrected chi connectivity index (χ2v) is 3.63. The summed E-state index contributed by atoms with van der Waals surface area (Å²) in [5, 5.41) is 3.15. The molecule has 1 aliphatic carbocycles. The van der Waals surface area contributed by atoms with E-state index in [2.05, 4.69) is 15.3 Å². The van der Waals surface area contributed by atoms with Crippen molar-refractivity contribution in [3.05, 3.63) is 26.9 Å². The molecule has 0 spiro atoms. The minimum Gasteiger partial charge on any atom is -0.369 e. The number of rotatable bonds is 2. The normalized spacial score (nSPS) is 17.1. The predicted molar refractivity (Wildman–Crippen MR) is 53.6 cm³/mol. The lowest BCUT2D eigenvalue weighted by atomic mass is 10.2. The number of aromatic nitrogens is 2. The molecule has 0 aliphatic heterocycles. The summed E-state index contributed by atoms with van der Waals surface area (Å²) < 4.78 is 0. The fourth-order valence-electron chi connectivity index (χ4n) is 1.84. The molecule has 1 fully saturated rings. The number of hydrogen-bond acceptors (Lipinski definition) is 3. The lowest BCUT2D eigenvalue weighted by Gasteiger charge is -2.11. The van der Waals surface area contributed by atoms with E-state index in [1.165, 1.54) is 18.9 Å². The number of nitrogens with one attached hydrogen (secondary N) is 3. The quantitative estimate of drug-likeness (QED) is 0.640. The fraction of sp³-hybridized carbons (Fsp3) is 0.556. The Bertz CT molecular complexity index is 386.